The average Bonchev–Trinajstić information content (AvgIpc) is 3.09. The van der Waals surface area contributed by atoms with Gasteiger partial charge in [-0.05, 0) is 31.0 Å². The van der Waals surface area contributed by atoms with Crippen molar-refractivity contribution < 1.29 is 14.2 Å². The van der Waals surface area contributed by atoms with Crippen molar-refractivity contribution in [2.45, 2.75) is 19.9 Å². The molecule has 6 nitrogen and oxygen atoms in total. The summed E-state index contributed by atoms with van der Waals surface area (Å²) >= 11 is 0. The van der Waals surface area contributed by atoms with Crippen LogP contribution < -0.4 is 14.8 Å². The average molecular weight is 335 g/mol. The van der Waals surface area contributed by atoms with Crippen LogP contribution in [0.5, 0.6) is 11.5 Å². The summed E-state index contributed by atoms with van der Waals surface area (Å²) in [5.74, 6) is 2.99. The first-order valence-corrected chi connectivity index (χ1v) is 8.47. The smallest absolute Gasteiger partial charge is 0.193 e. The molecule has 134 valence electrons. The lowest BCUT2D eigenvalue weighted by atomic mass is 10.1. The Balaban J connectivity index is 1.93. The highest BCUT2D eigenvalue weighted by molar-refractivity contribution is 5.79. The summed E-state index contributed by atoms with van der Waals surface area (Å²) in [6.07, 6.45) is 1.12. The van der Waals surface area contributed by atoms with Crippen LogP contribution in [0.15, 0.2) is 23.2 Å². The molecule has 0 amide bonds. The monoisotopic (exact) mass is 335 g/mol. The summed E-state index contributed by atoms with van der Waals surface area (Å²) < 4.78 is 16.4. The third-order valence-corrected chi connectivity index (χ3v) is 4.11. The van der Waals surface area contributed by atoms with Crippen molar-refractivity contribution in [1.82, 2.24) is 10.2 Å². The van der Waals surface area contributed by atoms with E-state index < -0.39 is 0 Å². The molecule has 1 N–H and O–H groups in total. The van der Waals surface area contributed by atoms with E-state index in [0.29, 0.717) is 19.1 Å². The zero-order valence-electron chi connectivity index (χ0n) is 15.2. The highest BCUT2D eigenvalue weighted by atomic mass is 16.5. The van der Waals surface area contributed by atoms with E-state index in [1.54, 1.807) is 7.11 Å². The lowest BCUT2D eigenvalue weighted by Crippen LogP contribution is -2.41. The maximum absolute atomic E-state index is 5.63. The van der Waals surface area contributed by atoms with E-state index in [9.17, 15) is 0 Å². The van der Waals surface area contributed by atoms with Crippen molar-refractivity contribution in [3.63, 3.8) is 0 Å². The minimum Gasteiger partial charge on any atom is -0.493 e. The van der Waals surface area contributed by atoms with E-state index in [0.717, 1.165) is 49.2 Å². The molecule has 1 saturated heterocycles. The summed E-state index contributed by atoms with van der Waals surface area (Å²) in [6, 6.07) is 5.98. The molecule has 0 aromatic heterocycles. The number of ether oxygens (including phenoxy) is 3. The Morgan fingerprint density at radius 3 is 2.88 bits per heavy atom. The predicted molar refractivity (Wildman–Crippen MR) is 95.9 cm³/mol. The third-order valence-electron chi connectivity index (χ3n) is 4.11. The second kappa shape index (κ2) is 9.37. The van der Waals surface area contributed by atoms with Gasteiger partial charge in [0, 0.05) is 39.7 Å². The van der Waals surface area contributed by atoms with Crippen LogP contribution in [0.3, 0.4) is 0 Å². The van der Waals surface area contributed by atoms with Crippen LogP contribution in [0.4, 0.5) is 0 Å². The van der Waals surface area contributed by atoms with Crippen LogP contribution >= 0.6 is 0 Å². The molecule has 1 aliphatic rings. The van der Waals surface area contributed by atoms with Crippen LogP contribution in [0.25, 0.3) is 0 Å². The Bertz CT molecular complexity index is 542. The van der Waals surface area contributed by atoms with Crippen molar-refractivity contribution in [1.29, 1.82) is 0 Å². The first-order chi connectivity index (χ1) is 11.7. The molecule has 0 saturated carbocycles. The molecule has 1 fully saturated rings. The van der Waals surface area contributed by atoms with E-state index in [2.05, 4.69) is 22.3 Å². The van der Waals surface area contributed by atoms with E-state index in [1.165, 1.54) is 0 Å². The number of nitrogens with zero attached hydrogens (tertiary/aromatic N) is 2. The summed E-state index contributed by atoms with van der Waals surface area (Å²) in [4.78, 5) is 6.53. The van der Waals surface area contributed by atoms with Crippen molar-refractivity contribution >= 4 is 5.96 Å². The molecule has 1 heterocycles. The molecule has 1 aromatic carbocycles. The number of guanidine groups is 1. The van der Waals surface area contributed by atoms with Crippen molar-refractivity contribution in [3.05, 3.63) is 23.8 Å². The molecular weight excluding hydrogens is 306 g/mol. The zero-order chi connectivity index (χ0) is 17.4. The van der Waals surface area contributed by atoms with Crippen LogP contribution in [-0.4, -0.2) is 58.4 Å². The number of rotatable bonds is 7. The molecule has 1 atom stereocenters. The number of aliphatic imine (C=N–C) groups is 1. The largest absolute Gasteiger partial charge is 0.493 e. The van der Waals surface area contributed by atoms with E-state index in [-0.39, 0.29) is 0 Å². The molecule has 6 heteroatoms. The van der Waals surface area contributed by atoms with Gasteiger partial charge in [0.15, 0.2) is 17.5 Å². The number of benzene rings is 1. The van der Waals surface area contributed by atoms with Gasteiger partial charge in [-0.25, -0.2) is 0 Å². The van der Waals surface area contributed by atoms with Gasteiger partial charge in [-0.2, -0.15) is 0 Å². The molecular formula is C18H29N3O3. The Morgan fingerprint density at radius 1 is 1.42 bits per heavy atom. The molecule has 0 spiro atoms. The number of methoxy groups -OCH3 is 1. The quantitative estimate of drug-likeness (QED) is 0.611. The molecule has 24 heavy (non-hydrogen) atoms. The van der Waals surface area contributed by atoms with Crippen molar-refractivity contribution in [2.75, 3.05) is 47.6 Å². The summed E-state index contributed by atoms with van der Waals surface area (Å²) in [7, 11) is 5.52. The first kappa shape index (κ1) is 18.4. The molecule has 1 aliphatic heterocycles. The molecule has 1 aromatic rings. The minimum atomic E-state index is 0.582. The maximum Gasteiger partial charge on any atom is 0.193 e. The molecule has 0 aliphatic carbocycles. The summed E-state index contributed by atoms with van der Waals surface area (Å²) in [5.41, 5.74) is 1.12. The zero-order valence-corrected chi connectivity index (χ0v) is 15.2. The van der Waals surface area contributed by atoms with E-state index in [1.807, 2.05) is 32.2 Å². The second-order valence-corrected chi connectivity index (χ2v) is 5.93. The van der Waals surface area contributed by atoms with Gasteiger partial charge in [-0.15, -0.1) is 0 Å². The van der Waals surface area contributed by atoms with Crippen LogP contribution in [0, 0.1) is 5.92 Å². The van der Waals surface area contributed by atoms with Gasteiger partial charge < -0.3 is 24.4 Å². The summed E-state index contributed by atoms with van der Waals surface area (Å²) in [5, 5.41) is 3.40. The fraction of sp³-hybridized carbons (Fsp3) is 0.611. The lowest BCUT2D eigenvalue weighted by molar-refractivity contribution is 0.181. The highest BCUT2D eigenvalue weighted by Gasteiger charge is 2.19. The van der Waals surface area contributed by atoms with Crippen LogP contribution in [0.2, 0.25) is 0 Å². The predicted octanol–water partition coefficient (Wildman–Crippen LogP) is 2.14. The Morgan fingerprint density at radius 2 is 2.25 bits per heavy atom. The lowest BCUT2D eigenvalue weighted by Gasteiger charge is -2.24. The third kappa shape index (κ3) is 5.03. The minimum absolute atomic E-state index is 0.582. The first-order valence-electron chi connectivity index (χ1n) is 8.47. The maximum atomic E-state index is 5.63. The van der Waals surface area contributed by atoms with E-state index >= 15 is 0 Å². The number of hydrogen-bond acceptors (Lipinski definition) is 4. The highest BCUT2D eigenvalue weighted by Crippen LogP contribution is 2.28. The molecule has 0 bridgehead atoms. The molecule has 1 unspecified atom stereocenters. The van der Waals surface area contributed by atoms with Gasteiger partial charge in [0.05, 0.1) is 20.3 Å². The Kier molecular flexibility index (Phi) is 7.18. The van der Waals surface area contributed by atoms with Gasteiger partial charge in [0.2, 0.25) is 0 Å². The molecule has 2 rings (SSSR count). The Hall–Kier alpha value is -1.95. The van der Waals surface area contributed by atoms with Crippen LogP contribution in [0.1, 0.15) is 18.9 Å². The number of hydrogen-bond donors (Lipinski definition) is 1. The van der Waals surface area contributed by atoms with Gasteiger partial charge in [0.25, 0.3) is 0 Å². The number of nitrogens with one attached hydrogen (secondary N) is 1. The standard InChI is InChI=1S/C18H29N3O3/c1-5-24-17-10-14(6-7-16(17)22-4)11-20-18(19-2)21(3)12-15-8-9-23-13-15/h6-7,10,15H,5,8-9,11-13H2,1-4H3,(H,19,20). The van der Waals surface area contributed by atoms with E-state index in [4.69, 9.17) is 14.2 Å². The van der Waals surface area contributed by atoms with Gasteiger partial charge >= 0.3 is 0 Å². The normalized spacial score (nSPS) is 17.7. The fourth-order valence-electron chi connectivity index (χ4n) is 2.87. The van der Waals surface area contributed by atoms with Crippen molar-refractivity contribution in [2.24, 2.45) is 10.9 Å². The second-order valence-electron chi connectivity index (χ2n) is 5.93. The fourth-order valence-corrected chi connectivity index (χ4v) is 2.87. The SMILES string of the molecule is CCOc1cc(CNC(=NC)N(C)CC2CCOC2)ccc1OC. The molecule has 0 radical (unpaired) electrons. The summed E-state index contributed by atoms with van der Waals surface area (Å²) in [6.45, 7) is 5.93. The van der Waals surface area contributed by atoms with Crippen molar-refractivity contribution in [3.8, 4) is 11.5 Å². The van der Waals surface area contributed by atoms with Gasteiger partial charge in [0.1, 0.15) is 0 Å². The Labute approximate surface area is 144 Å². The van der Waals surface area contributed by atoms with Gasteiger partial charge in [-0.3, -0.25) is 4.99 Å². The van der Waals surface area contributed by atoms with Crippen LogP contribution in [-0.2, 0) is 11.3 Å². The van der Waals surface area contributed by atoms with Gasteiger partial charge in [-0.1, -0.05) is 6.07 Å². The topological polar surface area (TPSA) is 55.3 Å².